The molecule has 0 saturated carbocycles. The van der Waals surface area contributed by atoms with Gasteiger partial charge in [-0.05, 0) is 48.9 Å². The molecule has 0 unspecified atom stereocenters. The highest BCUT2D eigenvalue weighted by Gasteiger charge is 2.18. The monoisotopic (exact) mass is 439 g/mol. The molecule has 30 heavy (non-hydrogen) atoms. The van der Waals surface area contributed by atoms with Gasteiger partial charge in [-0.25, -0.2) is 0 Å². The number of pyridine rings is 1. The maximum absolute atomic E-state index is 12.5. The largest absolute Gasteiger partial charge is 0.467 e. The number of rotatable bonds is 7. The summed E-state index contributed by atoms with van der Waals surface area (Å²) in [5, 5.41) is 12.6. The third kappa shape index (κ3) is 4.72. The Labute approximate surface area is 182 Å². The smallest absolute Gasteiger partial charge is 0.234 e. The van der Waals surface area contributed by atoms with E-state index in [-0.39, 0.29) is 11.7 Å². The fourth-order valence-electron chi connectivity index (χ4n) is 2.83. The van der Waals surface area contributed by atoms with Gasteiger partial charge in [-0.3, -0.25) is 14.3 Å². The van der Waals surface area contributed by atoms with Crippen molar-refractivity contribution in [1.29, 1.82) is 0 Å². The number of nitrogens with one attached hydrogen (secondary N) is 1. The van der Waals surface area contributed by atoms with Crippen molar-refractivity contribution in [2.75, 3.05) is 11.1 Å². The van der Waals surface area contributed by atoms with Gasteiger partial charge >= 0.3 is 0 Å². The summed E-state index contributed by atoms with van der Waals surface area (Å²) in [6.45, 7) is 2.35. The average Bonchev–Trinajstić information content (AvgIpc) is 3.40. The first-order valence-corrected chi connectivity index (χ1v) is 10.5. The van der Waals surface area contributed by atoms with Crippen LogP contribution in [-0.2, 0) is 11.3 Å². The first-order chi connectivity index (χ1) is 14.6. The van der Waals surface area contributed by atoms with Crippen molar-refractivity contribution in [2.45, 2.75) is 18.6 Å². The minimum absolute atomic E-state index is 0.155. The number of nitrogens with zero attached hydrogens (tertiary/aromatic N) is 4. The first kappa shape index (κ1) is 20.2. The van der Waals surface area contributed by atoms with Crippen molar-refractivity contribution in [3.05, 3.63) is 77.3 Å². The Hall–Kier alpha value is -3.10. The highest BCUT2D eigenvalue weighted by molar-refractivity contribution is 7.99. The molecule has 0 bridgehead atoms. The minimum atomic E-state index is -0.155. The lowest BCUT2D eigenvalue weighted by molar-refractivity contribution is -0.113. The van der Waals surface area contributed by atoms with Crippen LogP contribution in [0.3, 0.4) is 0 Å². The highest BCUT2D eigenvalue weighted by Crippen LogP contribution is 2.25. The summed E-state index contributed by atoms with van der Waals surface area (Å²) in [7, 11) is 0. The van der Waals surface area contributed by atoms with Gasteiger partial charge in [0.2, 0.25) is 5.91 Å². The van der Waals surface area contributed by atoms with Crippen LogP contribution in [0.4, 0.5) is 5.69 Å². The van der Waals surface area contributed by atoms with E-state index in [9.17, 15) is 4.79 Å². The number of carbonyl (C=O) groups is 1. The molecule has 0 atom stereocenters. The molecule has 0 saturated heterocycles. The molecule has 1 amide bonds. The Bertz CT molecular complexity index is 1150. The number of anilines is 1. The summed E-state index contributed by atoms with van der Waals surface area (Å²) in [6.07, 6.45) is 3.32. The molecule has 7 nitrogen and oxygen atoms in total. The summed E-state index contributed by atoms with van der Waals surface area (Å²) in [4.78, 5) is 16.9. The Morgan fingerprint density at radius 2 is 2.10 bits per heavy atom. The molecule has 3 aromatic heterocycles. The van der Waals surface area contributed by atoms with Gasteiger partial charge in [0, 0.05) is 16.9 Å². The fraction of sp³-hybridized carbons (Fsp3) is 0.143. The van der Waals surface area contributed by atoms with E-state index in [1.54, 1.807) is 24.6 Å². The van der Waals surface area contributed by atoms with E-state index in [0.29, 0.717) is 33.9 Å². The van der Waals surface area contributed by atoms with E-state index < -0.39 is 0 Å². The van der Waals surface area contributed by atoms with Gasteiger partial charge in [0.1, 0.15) is 11.5 Å². The summed E-state index contributed by atoms with van der Waals surface area (Å²) in [5.41, 5.74) is 2.33. The van der Waals surface area contributed by atoms with Crippen LogP contribution < -0.4 is 5.32 Å². The van der Waals surface area contributed by atoms with Crippen molar-refractivity contribution in [3.8, 4) is 11.5 Å². The lowest BCUT2D eigenvalue weighted by Gasteiger charge is -2.10. The standard InChI is InChI=1S/C21H18ClN5O2S/c1-14-7-8-15(22)11-18(14)24-19(28)13-30-21-26-25-20(17-6-2-3-9-23-17)27(21)12-16-5-4-10-29-16/h2-11H,12-13H2,1H3,(H,24,28). The summed E-state index contributed by atoms with van der Waals surface area (Å²) < 4.78 is 7.38. The Morgan fingerprint density at radius 1 is 1.20 bits per heavy atom. The van der Waals surface area contributed by atoms with Crippen molar-refractivity contribution in [1.82, 2.24) is 19.7 Å². The zero-order chi connectivity index (χ0) is 20.9. The van der Waals surface area contributed by atoms with E-state index in [4.69, 9.17) is 16.0 Å². The van der Waals surface area contributed by atoms with Crippen LogP contribution in [0.2, 0.25) is 5.02 Å². The van der Waals surface area contributed by atoms with Gasteiger partial charge in [0.15, 0.2) is 11.0 Å². The number of carbonyl (C=O) groups excluding carboxylic acids is 1. The molecule has 0 radical (unpaired) electrons. The van der Waals surface area contributed by atoms with E-state index in [1.807, 2.05) is 47.9 Å². The molecule has 3 heterocycles. The van der Waals surface area contributed by atoms with Gasteiger partial charge in [-0.2, -0.15) is 0 Å². The second-order valence-corrected chi connectivity index (χ2v) is 7.86. The summed E-state index contributed by atoms with van der Waals surface area (Å²) in [5.74, 6) is 1.38. The second-order valence-electron chi connectivity index (χ2n) is 6.48. The quantitative estimate of drug-likeness (QED) is 0.421. The molecular weight excluding hydrogens is 422 g/mol. The molecule has 0 aliphatic heterocycles. The van der Waals surface area contributed by atoms with Crippen LogP contribution in [-0.4, -0.2) is 31.4 Å². The van der Waals surface area contributed by atoms with Crippen LogP contribution in [0.1, 0.15) is 11.3 Å². The lowest BCUT2D eigenvalue weighted by atomic mass is 10.2. The summed E-state index contributed by atoms with van der Waals surface area (Å²) in [6, 6.07) is 14.7. The molecule has 152 valence electrons. The average molecular weight is 440 g/mol. The third-order valence-electron chi connectivity index (χ3n) is 4.31. The first-order valence-electron chi connectivity index (χ1n) is 9.16. The zero-order valence-electron chi connectivity index (χ0n) is 16.1. The number of hydrogen-bond donors (Lipinski definition) is 1. The highest BCUT2D eigenvalue weighted by atomic mass is 35.5. The van der Waals surface area contributed by atoms with Crippen molar-refractivity contribution in [2.24, 2.45) is 0 Å². The lowest BCUT2D eigenvalue weighted by Crippen LogP contribution is -2.15. The maximum atomic E-state index is 12.5. The second kappa shape index (κ2) is 9.15. The van der Waals surface area contributed by atoms with Crippen LogP contribution in [0, 0.1) is 6.92 Å². The van der Waals surface area contributed by atoms with Crippen LogP contribution >= 0.6 is 23.4 Å². The van der Waals surface area contributed by atoms with Gasteiger partial charge < -0.3 is 9.73 Å². The predicted molar refractivity (Wildman–Crippen MR) is 117 cm³/mol. The third-order valence-corrected chi connectivity index (χ3v) is 5.51. The molecule has 0 aliphatic carbocycles. The van der Waals surface area contributed by atoms with Crippen molar-refractivity contribution >= 4 is 35.0 Å². The van der Waals surface area contributed by atoms with E-state index >= 15 is 0 Å². The van der Waals surface area contributed by atoms with Gasteiger partial charge in [-0.1, -0.05) is 35.5 Å². The number of halogens is 1. The van der Waals surface area contributed by atoms with Crippen molar-refractivity contribution in [3.63, 3.8) is 0 Å². The molecule has 4 rings (SSSR count). The number of aryl methyl sites for hydroxylation is 1. The van der Waals surface area contributed by atoms with E-state index in [0.717, 1.165) is 11.3 Å². The molecule has 1 aromatic carbocycles. The number of furan rings is 1. The molecule has 0 spiro atoms. The summed E-state index contributed by atoms with van der Waals surface area (Å²) >= 11 is 7.33. The van der Waals surface area contributed by atoms with E-state index in [1.165, 1.54) is 11.8 Å². The van der Waals surface area contributed by atoms with E-state index in [2.05, 4.69) is 20.5 Å². The Kier molecular flexibility index (Phi) is 6.15. The number of amides is 1. The minimum Gasteiger partial charge on any atom is -0.467 e. The molecule has 0 fully saturated rings. The molecule has 4 aromatic rings. The number of thioether (sulfide) groups is 1. The predicted octanol–water partition coefficient (Wildman–Crippen LogP) is 4.67. The number of benzene rings is 1. The van der Waals surface area contributed by atoms with Crippen LogP contribution in [0.5, 0.6) is 0 Å². The topological polar surface area (TPSA) is 85.8 Å². The van der Waals surface area contributed by atoms with Crippen LogP contribution in [0.15, 0.2) is 70.6 Å². The number of aromatic nitrogens is 4. The van der Waals surface area contributed by atoms with Crippen LogP contribution in [0.25, 0.3) is 11.5 Å². The van der Waals surface area contributed by atoms with Gasteiger partial charge in [0.05, 0.1) is 18.6 Å². The van der Waals surface area contributed by atoms with Gasteiger partial charge in [-0.15, -0.1) is 10.2 Å². The molecule has 1 N–H and O–H groups in total. The van der Waals surface area contributed by atoms with Crippen molar-refractivity contribution < 1.29 is 9.21 Å². The molecular formula is C21H18ClN5O2S. The number of hydrogen-bond acceptors (Lipinski definition) is 6. The Morgan fingerprint density at radius 3 is 2.87 bits per heavy atom. The van der Waals surface area contributed by atoms with Gasteiger partial charge in [0.25, 0.3) is 0 Å². The maximum Gasteiger partial charge on any atom is 0.234 e. The molecule has 9 heteroatoms. The zero-order valence-corrected chi connectivity index (χ0v) is 17.7. The molecule has 0 aliphatic rings. The normalized spacial score (nSPS) is 10.9. The Balaban J connectivity index is 1.52. The fourth-order valence-corrected chi connectivity index (χ4v) is 3.74. The SMILES string of the molecule is Cc1ccc(Cl)cc1NC(=O)CSc1nnc(-c2ccccn2)n1Cc1ccco1.